The zero-order valence-electron chi connectivity index (χ0n) is 17.6. The molecule has 10 heteroatoms. The van der Waals surface area contributed by atoms with Crippen LogP contribution >= 0.6 is 7.60 Å². The number of anilines is 2. The van der Waals surface area contributed by atoms with E-state index < -0.39 is 29.1 Å². The number of benzene rings is 3. The summed E-state index contributed by atoms with van der Waals surface area (Å²) in [5.41, 5.74) is 2.50. The Labute approximate surface area is 192 Å². The third-order valence-electron chi connectivity index (χ3n) is 5.04. The number of para-hydroxylation sites is 1. The molecule has 33 heavy (non-hydrogen) atoms. The third-order valence-corrected chi connectivity index (χ3v) is 8.60. The van der Waals surface area contributed by atoms with Gasteiger partial charge in [0.1, 0.15) is 0 Å². The minimum Gasteiger partial charge on any atom is -0.323 e. The lowest BCUT2D eigenvalue weighted by atomic mass is 10.1. The molecule has 3 N–H and O–H groups in total. The summed E-state index contributed by atoms with van der Waals surface area (Å²) < 4.78 is 43.3. The number of hydrogen-bond donors (Lipinski definition) is 3. The summed E-state index contributed by atoms with van der Waals surface area (Å²) in [5.74, 6) is -0.230. The highest BCUT2D eigenvalue weighted by atomic mass is 32.2. The van der Waals surface area contributed by atoms with Gasteiger partial charge < -0.3 is 9.79 Å². The summed E-state index contributed by atoms with van der Waals surface area (Å²) in [4.78, 5) is 31.2. The van der Waals surface area contributed by atoms with Gasteiger partial charge in [-0.3, -0.25) is 18.8 Å². The quantitative estimate of drug-likeness (QED) is 0.300. The van der Waals surface area contributed by atoms with Crippen molar-refractivity contribution in [1.82, 2.24) is 0 Å². The molecule has 8 nitrogen and oxygen atoms in total. The number of carbonyl (C=O) groups excluding carboxylic acids is 1. The van der Waals surface area contributed by atoms with Crippen LogP contribution < -0.4 is 4.90 Å². The van der Waals surface area contributed by atoms with Gasteiger partial charge in [-0.2, -0.15) is 8.42 Å². The van der Waals surface area contributed by atoms with Gasteiger partial charge in [0.25, 0.3) is 16.0 Å². The van der Waals surface area contributed by atoms with E-state index in [4.69, 9.17) is 4.55 Å². The van der Waals surface area contributed by atoms with E-state index in [1.807, 2.05) is 36.4 Å². The molecule has 1 unspecified atom stereocenters. The molecule has 3 aromatic rings. The molecule has 0 aliphatic carbocycles. The second-order valence-electron chi connectivity index (χ2n) is 7.46. The Hall–Kier alpha value is -2.81. The Morgan fingerprint density at radius 3 is 2.03 bits per heavy atom. The molecule has 0 radical (unpaired) electrons. The molecule has 1 amide bonds. The first-order chi connectivity index (χ1) is 15.6. The molecule has 0 aliphatic heterocycles. The highest BCUT2D eigenvalue weighted by Crippen LogP contribution is 2.46. The zero-order valence-corrected chi connectivity index (χ0v) is 19.3. The first-order valence-electron chi connectivity index (χ1n) is 10.1. The number of nitrogens with zero attached hydrogens (tertiary/aromatic N) is 1. The average Bonchev–Trinajstić information content (AvgIpc) is 2.77. The largest absolute Gasteiger partial charge is 0.346 e. The maximum atomic E-state index is 13.3. The highest BCUT2D eigenvalue weighted by molar-refractivity contribution is 7.93. The van der Waals surface area contributed by atoms with Crippen molar-refractivity contribution in [1.29, 1.82) is 0 Å². The number of carbonyl (C=O) groups is 1. The predicted molar refractivity (Wildman–Crippen MR) is 126 cm³/mol. The molecule has 0 saturated carbocycles. The van der Waals surface area contributed by atoms with Crippen molar-refractivity contribution < 1.29 is 32.1 Å². The normalized spacial score (nSPS) is 12.8. The molecule has 0 aliphatic rings. The lowest BCUT2D eigenvalue weighted by molar-refractivity contribution is 0.0999. The van der Waals surface area contributed by atoms with Crippen LogP contribution in [-0.2, 0) is 21.1 Å². The van der Waals surface area contributed by atoms with E-state index in [0.29, 0.717) is 23.4 Å². The van der Waals surface area contributed by atoms with Gasteiger partial charge in [-0.15, -0.1) is 0 Å². The van der Waals surface area contributed by atoms with Crippen molar-refractivity contribution in [2.45, 2.75) is 24.3 Å². The van der Waals surface area contributed by atoms with Gasteiger partial charge in [-0.05, 0) is 61.2 Å². The molecular weight excluding hydrogens is 465 g/mol. The fraction of sp³-hybridized carbons (Fsp3) is 0.174. The maximum absolute atomic E-state index is 13.3. The maximum Gasteiger partial charge on any atom is 0.346 e. The molecule has 0 spiro atoms. The van der Waals surface area contributed by atoms with Crippen molar-refractivity contribution in [3.05, 3.63) is 96.1 Å². The van der Waals surface area contributed by atoms with Crippen LogP contribution in [0, 0.1) is 0 Å². The van der Waals surface area contributed by atoms with Gasteiger partial charge in [0.2, 0.25) is 0 Å². The fourth-order valence-corrected chi connectivity index (χ4v) is 5.86. The summed E-state index contributed by atoms with van der Waals surface area (Å²) in [7, 11) is -9.91. The van der Waals surface area contributed by atoms with Gasteiger partial charge in [0, 0.05) is 16.9 Å². The van der Waals surface area contributed by atoms with Crippen LogP contribution in [0.4, 0.5) is 11.4 Å². The Balaban J connectivity index is 1.86. The van der Waals surface area contributed by atoms with Crippen molar-refractivity contribution in [3.63, 3.8) is 0 Å². The monoisotopic (exact) mass is 489 g/mol. The van der Waals surface area contributed by atoms with Gasteiger partial charge in [0.05, 0.1) is 0 Å². The average molecular weight is 489 g/mol. The Morgan fingerprint density at radius 2 is 1.45 bits per heavy atom. The molecule has 3 aromatic carbocycles. The van der Waals surface area contributed by atoms with E-state index >= 15 is 0 Å². The molecule has 0 saturated heterocycles. The molecule has 174 valence electrons. The Morgan fingerprint density at radius 1 is 0.879 bits per heavy atom. The van der Waals surface area contributed by atoms with Crippen LogP contribution in [0.2, 0.25) is 0 Å². The summed E-state index contributed by atoms with van der Waals surface area (Å²) in [6, 6.07) is 25.0. The lowest BCUT2D eigenvalue weighted by Gasteiger charge is -2.24. The molecule has 0 heterocycles. The van der Waals surface area contributed by atoms with Gasteiger partial charge in [-0.25, -0.2) is 0 Å². The van der Waals surface area contributed by atoms with E-state index in [1.165, 1.54) is 0 Å². The third kappa shape index (κ3) is 6.60. The lowest BCUT2D eigenvalue weighted by Crippen LogP contribution is -2.26. The number of rotatable bonds is 9. The predicted octanol–water partition coefficient (Wildman–Crippen LogP) is 4.38. The first kappa shape index (κ1) is 24.8. The molecule has 0 fully saturated rings. The van der Waals surface area contributed by atoms with E-state index in [-0.39, 0.29) is 12.3 Å². The summed E-state index contributed by atoms with van der Waals surface area (Å²) in [5, 5.41) is 0. The molecule has 3 rings (SSSR count). The highest BCUT2D eigenvalue weighted by Gasteiger charge is 2.39. The number of amides is 1. The standard InChI is InChI=1S/C23H24NO7PS/c25-23(19-11-3-1-4-12-19)24(20-13-5-2-6-14-20)21-15-7-9-18(17-21)10-8-16-22(32(26,27)28)33(29,30)31/h1-7,9,11-15,17,22H,8,10,16H2,(H2,26,27,28)(H,29,30,31). The van der Waals surface area contributed by atoms with Crippen molar-refractivity contribution in [2.75, 3.05) is 4.90 Å². The van der Waals surface area contributed by atoms with Crippen LogP contribution in [0.5, 0.6) is 0 Å². The summed E-state index contributed by atoms with van der Waals surface area (Å²) in [6.45, 7) is 0. The topological polar surface area (TPSA) is 132 Å². The van der Waals surface area contributed by atoms with Crippen LogP contribution in [0.15, 0.2) is 84.9 Å². The zero-order chi connectivity index (χ0) is 24.1. The number of hydrogen-bond acceptors (Lipinski definition) is 4. The van der Waals surface area contributed by atoms with Crippen LogP contribution in [0.3, 0.4) is 0 Å². The van der Waals surface area contributed by atoms with Crippen molar-refractivity contribution in [2.24, 2.45) is 0 Å². The summed E-state index contributed by atoms with van der Waals surface area (Å²) in [6.07, 6.45) is -0.00229. The second kappa shape index (κ2) is 10.4. The van der Waals surface area contributed by atoms with E-state index in [1.54, 1.807) is 53.4 Å². The van der Waals surface area contributed by atoms with E-state index in [9.17, 15) is 27.6 Å². The van der Waals surface area contributed by atoms with Crippen LogP contribution in [-0.4, -0.2) is 33.7 Å². The van der Waals surface area contributed by atoms with E-state index in [2.05, 4.69) is 0 Å². The van der Waals surface area contributed by atoms with Crippen LogP contribution in [0.1, 0.15) is 28.8 Å². The second-order valence-corrected chi connectivity index (χ2v) is 11.2. The van der Waals surface area contributed by atoms with Crippen molar-refractivity contribution >= 4 is 35.0 Å². The molecular formula is C23H24NO7PS. The smallest absolute Gasteiger partial charge is 0.323 e. The first-order valence-corrected chi connectivity index (χ1v) is 13.3. The van der Waals surface area contributed by atoms with Crippen molar-refractivity contribution in [3.8, 4) is 0 Å². The minimum absolute atomic E-state index is 0.108. The minimum atomic E-state index is -5.02. The Bertz CT molecular complexity index is 1240. The van der Waals surface area contributed by atoms with Gasteiger partial charge >= 0.3 is 7.60 Å². The van der Waals surface area contributed by atoms with Gasteiger partial charge in [-0.1, -0.05) is 48.5 Å². The molecule has 0 bridgehead atoms. The SMILES string of the molecule is O=C(c1ccccc1)N(c1ccccc1)c1cccc(CCCC(P(=O)(O)O)S(=O)(=O)O)c1. The van der Waals surface area contributed by atoms with Gasteiger partial charge in [0.15, 0.2) is 4.99 Å². The summed E-state index contributed by atoms with van der Waals surface area (Å²) >= 11 is 0. The van der Waals surface area contributed by atoms with E-state index in [0.717, 1.165) is 5.56 Å². The molecule has 0 aromatic heterocycles. The van der Waals surface area contributed by atoms with Crippen LogP contribution in [0.25, 0.3) is 0 Å². The number of aryl methyl sites for hydroxylation is 1. The fourth-order valence-electron chi connectivity index (χ4n) is 3.49. The Kier molecular flexibility index (Phi) is 7.84. The molecule has 1 atom stereocenters.